The second-order valence-electron chi connectivity index (χ2n) is 10.5. The Bertz CT molecular complexity index is 743. The highest BCUT2D eigenvalue weighted by Gasteiger charge is 2.66. The Morgan fingerprint density at radius 1 is 1.17 bits per heavy atom. The highest BCUT2D eigenvalue weighted by molar-refractivity contribution is 5.29. The molecular formula is C23H32F3NO2. The first-order valence-corrected chi connectivity index (χ1v) is 10.9. The minimum absolute atomic E-state index is 0.0219. The molecule has 29 heavy (non-hydrogen) atoms. The van der Waals surface area contributed by atoms with Gasteiger partial charge in [0.1, 0.15) is 0 Å². The third-order valence-corrected chi connectivity index (χ3v) is 9.55. The molecule has 8 atom stereocenters. The van der Waals surface area contributed by atoms with E-state index in [4.69, 9.17) is 4.74 Å². The standard InChI is InChI=1S/C23H32F3NO2/c1-20-9-10-22(28,23(24,25)26)12-15(20)4-6-16-17-7-5-14(8-11-27)21(17,2)13-18(29-3)19(16)20/h8,15-19,28H,4-7,9-10,12-13H2,1-3H3/b14-8-/t15-,16?,17-,18-,19+,20?,21?,22+/m0/s1. The molecule has 0 aliphatic heterocycles. The van der Waals surface area contributed by atoms with Gasteiger partial charge in [-0.15, -0.1) is 0 Å². The fraction of sp³-hybridized carbons (Fsp3) is 0.870. The number of hydrogen-bond donors (Lipinski definition) is 1. The van der Waals surface area contributed by atoms with Crippen molar-refractivity contribution in [1.29, 1.82) is 5.26 Å². The van der Waals surface area contributed by atoms with Crippen LogP contribution in [0.15, 0.2) is 11.6 Å². The molecule has 0 bridgehead atoms. The van der Waals surface area contributed by atoms with E-state index >= 15 is 0 Å². The highest BCUT2D eigenvalue weighted by atomic mass is 19.4. The van der Waals surface area contributed by atoms with E-state index in [1.807, 2.05) is 0 Å². The number of alkyl halides is 3. The van der Waals surface area contributed by atoms with E-state index in [9.17, 15) is 23.5 Å². The van der Waals surface area contributed by atoms with E-state index in [0.717, 1.165) is 32.1 Å². The Labute approximate surface area is 171 Å². The third kappa shape index (κ3) is 2.91. The number of rotatable bonds is 1. The van der Waals surface area contributed by atoms with E-state index in [-0.39, 0.29) is 41.6 Å². The van der Waals surface area contributed by atoms with Crippen LogP contribution in [-0.4, -0.2) is 30.1 Å². The first-order chi connectivity index (χ1) is 13.5. The summed E-state index contributed by atoms with van der Waals surface area (Å²) in [5, 5.41) is 19.6. The van der Waals surface area contributed by atoms with Gasteiger partial charge in [-0.2, -0.15) is 18.4 Å². The van der Waals surface area contributed by atoms with Crippen LogP contribution in [0.5, 0.6) is 0 Å². The van der Waals surface area contributed by atoms with Crippen LogP contribution in [0.2, 0.25) is 0 Å². The summed E-state index contributed by atoms with van der Waals surface area (Å²) in [5.74, 6) is 0.937. The first-order valence-electron chi connectivity index (χ1n) is 10.9. The van der Waals surface area contributed by atoms with E-state index in [2.05, 4.69) is 19.9 Å². The van der Waals surface area contributed by atoms with Gasteiger partial charge < -0.3 is 9.84 Å². The second kappa shape index (κ2) is 6.72. The predicted octanol–water partition coefficient (Wildman–Crippen LogP) is 5.40. The molecule has 4 aliphatic rings. The van der Waals surface area contributed by atoms with Crippen LogP contribution in [-0.2, 0) is 4.74 Å². The zero-order chi connectivity index (χ0) is 21.2. The Kier molecular flexibility index (Phi) is 4.91. The number of ether oxygens (including phenoxy) is 1. The van der Waals surface area contributed by atoms with Gasteiger partial charge in [-0.25, -0.2) is 0 Å². The van der Waals surface area contributed by atoms with Crippen molar-refractivity contribution in [3.8, 4) is 6.07 Å². The number of hydrogen-bond acceptors (Lipinski definition) is 3. The predicted molar refractivity (Wildman–Crippen MR) is 103 cm³/mol. The summed E-state index contributed by atoms with van der Waals surface area (Å²) >= 11 is 0. The molecule has 0 aromatic heterocycles. The van der Waals surface area contributed by atoms with Crippen LogP contribution in [0.1, 0.15) is 65.2 Å². The molecule has 4 aliphatic carbocycles. The van der Waals surface area contributed by atoms with Crippen molar-refractivity contribution in [3.63, 3.8) is 0 Å². The van der Waals surface area contributed by atoms with Crippen molar-refractivity contribution in [2.75, 3.05) is 7.11 Å². The number of allylic oxidation sites excluding steroid dienone is 2. The Morgan fingerprint density at radius 2 is 1.90 bits per heavy atom. The van der Waals surface area contributed by atoms with Crippen LogP contribution in [0.3, 0.4) is 0 Å². The van der Waals surface area contributed by atoms with Gasteiger partial charge >= 0.3 is 6.18 Å². The van der Waals surface area contributed by atoms with Crippen LogP contribution in [0, 0.1) is 45.8 Å². The fourth-order valence-electron chi connectivity index (χ4n) is 7.98. The van der Waals surface area contributed by atoms with Gasteiger partial charge in [0.2, 0.25) is 0 Å². The van der Waals surface area contributed by atoms with Crippen molar-refractivity contribution in [2.24, 2.45) is 34.5 Å². The second-order valence-corrected chi connectivity index (χ2v) is 10.5. The van der Waals surface area contributed by atoms with Crippen molar-refractivity contribution in [3.05, 3.63) is 11.6 Å². The summed E-state index contributed by atoms with van der Waals surface area (Å²) in [6.45, 7) is 4.41. The minimum atomic E-state index is -4.57. The summed E-state index contributed by atoms with van der Waals surface area (Å²) in [6, 6.07) is 2.21. The van der Waals surface area contributed by atoms with E-state index < -0.39 is 11.8 Å². The number of nitrogens with zero attached hydrogens (tertiary/aromatic N) is 1. The van der Waals surface area contributed by atoms with Crippen LogP contribution in [0.4, 0.5) is 13.2 Å². The molecule has 1 N–H and O–H groups in total. The van der Waals surface area contributed by atoms with Crippen LogP contribution in [0.25, 0.3) is 0 Å². The van der Waals surface area contributed by atoms with Crippen LogP contribution < -0.4 is 0 Å². The van der Waals surface area contributed by atoms with E-state index in [1.165, 1.54) is 5.57 Å². The molecule has 4 rings (SSSR count). The largest absolute Gasteiger partial charge is 0.417 e. The lowest BCUT2D eigenvalue weighted by molar-refractivity contribution is -0.293. The average Bonchev–Trinajstić information content (AvgIpc) is 2.97. The molecule has 0 radical (unpaired) electrons. The first kappa shape index (κ1) is 21.2. The maximum Gasteiger partial charge on any atom is 0.417 e. The van der Waals surface area contributed by atoms with Crippen molar-refractivity contribution in [1.82, 2.24) is 0 Å². The van der Waals surface area contributed by atoms with Crippen LogP contribution >= 0.6 is 0 Å². The maximum absolute atomic E-state index is 13.5. The quantitative estimate of drug-likeness (QED) is 0.588. The molecule has 0 aromatic carbocycles. The molecule has 0 saturated heterocycles. The average molecular weight is 412 g/mol. The van der Waals surface area contributed by atoms with Gasteiger partial charge in [0.05, 0.1) is 12.2 Å². The SMILES string of the molecule is CO[C@H]1CC2(C)/C(=C\C#N)CC[C@H]2C2CC[C@H]3C[C@@](O)(C(F)(F)F)CCC3(C)[C@H]21. The van der Waals surface area contributed by atoms with Gasteiger partial charge in [-0.3, -0.25) is 0 Å². The van der Waals surface area contributed by atoms with Gasteiger partial charge in [-0.1, -0.05) is 19.4 Å². The van der Waals surface area contributed by atoms with Gasteiger partial charge in [-0.05, 0) is 85.9 Å². The molecule has 0 spiro atoms. The molecule has 0 heterocycles. The normalized spacial score (nSPS) is 51.1. The molecule has 4 fully saturated rings. The summed E-state index contributed by atoms with van der Waals surface area (Å²) in [6.07, 6.45) is 1.54. The molecule has 3 unspecified atom stereocenters. The molecule has 0 amide bonds. The zero-order valence-corrected chi connectivity index (χ0v) is 17.6. The number of fused-ring (bicyclic) bond motifs is 5. The summed E-state index contributed by atoms with van der Waals surface area (Å²) in [7, 11) is 1.72. The molecule has 162 valence electrons. The summed E-state index contributed by atoms with van der Waals surface area (Å²) in [4.78, 5) is 0. The minimum Gasteiger partial charge on any atom is -0.381 e. The lowest BCUT2D eigenvalue weighted by Crippen LogP contribution is -2.62. The van der Waals surface area contributed by atoms with Crippen molar-refractivity contribution in [2.45, 2.75) is 83.1 Å². The monoisotopic (exact) mass is 411 g/mol. The number of methoxy groups -OCH3 is 1. The summed E-state index contributed by atoms with van der Waals surface area (Å²) < 4.78 is 46.6. The van der Waals surface area contributed by atoms with Crippen molar-refractivity contribution < 1.29 is 23.0 Å². The number of halogens is 3. The molecule has 4 saturated carbocycles. The third-order valence-electron chi connectivity index (χ3n) is 9.55. The highest BCUT2D eigenvalue weighted by Crippen LogP contribution is 2.68. The smallest absolute Gasteiger partial charge is 0.381 e. The van der Waals surface area contributed by atoms with E-state index in [0.29, 0.717) is 18.3 Å². The number of nitriles is 1. The Balaban J connectivity index is 1.68. The molecule has 6 heteroatoms. The van der Waals surface area contributed by atoms with Crippen molar-refractivity contribution >= 4 is 0 Å². The topological polar surface area (TPSA) is 53.2 Å². The number of aliphatic hydroxyl groups is 1. The van der Waals surface area contributed by atoms with Gasteiger partial charge in [0, 0.05) is 13.2 Å². The summed E-state index contributed by atoms with van der Waals surface area (Å²) in [5.41, 5.74) is -1.63. The van der Waals surface area contributed by atoms with Gasteiger partial charge in [0.15, 0.2) is 5.60 Å². The lowest BCUT2D eigenvalue weighted by atomic mass is 9.43. The molecular weight excluding hydrogens is 379 g/mol. The fourth-order valence-corrected chi connectivity index (χ4v) is 7.98. The van der Waals surface area contributed by atoms with E-state index in [1.54, 1.807) is 13.2 Å². The Hall–Kier alpha value is -1.06. The Morgan fingerprint density at radius 3 is 2.52 bits per heavy atom. The lowest BCUT2D eigenvalue weighted by Gasteiger charge is -2.63. The maximum atomic E-state index is 13.5. The molecule has 3 nitrogen and oxygen atoms in total. The zero-order valence-electron chi connectivity index (χ0n) is 17.6. The van der Waals surface area contributed by atoms with Gasteiger partial charge in [0.25, 0.3) is 0 Å². The molecule has 0 aromatic rings.